The van der Waals surface area contributed by atoms with Crippen LogP contribution >= 0.6 is 0 Å². The van der Waals surface area contributed by atoms with Crippen LogP contribution in [0.1, 0.15) is 18.1 Å². The largest absolute Gasteiger partial charge is 0.439 e. The zero-order valence-corrected chi connectivity index (χ0v) is 9.30. The van der Waals surface area contributed by atoms with E-state index in [9.17, 15) is 9.18 Å². The minimum absolute atomic E-state index is 0.0466. The number of ether oxygens (including phenoxy) is 1. The zero-order chi connectivity index (χ0) is 12.3. The van der Waals surface area contributed by atoms with Crippen molar-refractivity contribution in [3.8, 4) is 0 Å². The van der Waals surface area contributed by atoms with Crippen molar-refractivity contribution in [3.63, 3.8) is 0 Å². The van der Waals surface area contributed by atoms with Crippen LogP contribution in [0.5, 0.6) is 0 Å². The van der Waals surface area contributed by atoms with Gasteiger partial charge in [0, 0.05) is 13.2 Å². The summed E-state index contributed by atoms with van der Waals surface area (Å²) >= 11 is 0. The highest BCUT2D eigenvalue weighted by atomic mass is 19.1. The van der Waals surface area contributed by atoms with Gasteiger partial charge in [0.15, 0.2) is 0 Å². The fourth-order valence-corrected chi connectivity index (χ4v) is 1.80. The number of carbonyl (C=O) groups is 1. The molecule has 0 aliphatic carbocycles. The number of benzene rings is 1. The van der Waals surface area contributed by atoms with Crippen molar-refractivity contribution in [1.29, 1.82) is 0 Å². The second kappa shape index (κ2) is 5.14. The average molecular weight is 239 g/mol. The van der Waals surface area contributed by atoms with Crippen molar-refractivity contribution < 1.29 is 19.0 Å². The molecule has 1 N–H and O–H groups in total. The van der Waals surface area contributed by atoms with E-state index < -0.39 is 0 Å². The Kier molecular flexibility index (Phi) is 3.58. The van der Waals surface area contributed by atoms with Crippen molar-refractivity contribution in [2.24, 2.45) is 0 Å². The quantitative estimate of drug-likeness (QED) is 0.870. The predicted octanol–water partition coefficient (Wildman–Crippen LogP) is 1.70. The molecule has 17 heavy (non-hydrogen) atoms. The van der Waals surface area contributed by atoms with Crippen LogP contribution in [0.25, 0.3) is 0 Å². The van der Waals surface area contributed by atoms with E-state index in [1.807, 2.05) is 0 Å². The van der Waals surface area contributed by atoms with Crippen LogP contribution in [0, 0.1) is 5.82 Å². The van der Waals surface area contributed by atoms with Gasteiger partial charge in [0.05, 0.1) is 6.54 Å². The number of cyclic esters (lactones) is 1. The van der Waals surface area contributed by atoms with Crippen LogP contribution in [0.15, 0.2) is 24.3 Å². The first-order valence-corrected chi connectivity index (χ1v) is 5.52. The minimum atomic E-state index is -0.382. The molecule has 1 aliphatic heterocycles. The van der Waals surface area contributed by atoms with Gasteiger partial charge in [0.1, 0.15) is 11.9 Å². The van der Waals surface area contributed by atoms with E-state index in [2.05, 4.69) is 0 Å². The molecule has 2 rings (SSSR count). The van der Waals surface area contributed by atoms with Gasteiger partial charge in [-0.1, -0.05) is 12.1 Å². The standard InChI is InChI=1S/C12H14FNO3/c13-10-4-2-9(3-5-10)11-8-14(6-1-7-15)12(16)17-11/h2-5,11,15H,1,6-8H2. The maximum Gasteiger partial charge on any atom is 0.410 e. The smallest absolute Gasteiger partial charge is 0.410 e. The molecular formula is C12H14FNO3. The Hall–Kier alpha value is -1.62. The monoisotopic (exact) mass is 239 g/mol. The van der Waals surface area contributed by atoms with E-state index in [1.54, 1.807) is 17.0 Å². The maximum absolute atomic E-state index is 12.7. The number of amides is 1. The molecule has 92 valence electrons. The van der Waals surface area contributed by atoms with E-state index >= 15 is 0 Å². The number of nitrogens with zero attached hydrogens (tertiary/aromatic N) is 1. The Morgan fingerprint density at radius 1 is 1.41 bits per heavy atom. The molecule has 0 aromatic heterocycles. The first-order chi connectivity index (χ1) is 8.20. The molecule has 4 nitrogen and oxygen atoms in total. The molecule has 0 saturated carbocycles. The molecular weight excluding hydrogens is 225 g/mol. The van der Waals surface area contributed by atoms with E-state index in [0.29, 0.717) is 19.5 Å². The fraction of sp³-hybridized carbons (Fsp3) is 0.417. The number of aliphatic hydroxyl groups is 1. The fourth-order valence-electron chi connectivity index (χ4n) is 1.80. The van der Waals surface area contributed by atoms with Gasteiger partial charge in [-0.25, -0.2) is 9.18 Å². The Labute approximate surface area is 98.6 Å². The zero-order valence-electron chi connectivity index (χ0n) is 9.30. The molecule has 1 atom stereocenters. The van der Waals surface area contributed by atoms with Crippen molar-refractivity contribution in [2.75, 3.05) is 19.7 Å². The third-order valence-electron chi connectivity index (χ3n) is 2.72. The molecule has 1 aromatic rings. The topological polar surface area (TPSA) is 49.8 Å². The summed E-state index contributed by atoms with van der Waals surface area (Å²) in [6.07, 6.45) is -0.194. The number of hydrogen-bond donors (Lipinski definition) is 1. The lowest BCUT2D eigenvalue weighted by Gasteiger charge is -2.11. The van der Waals surface area contributed by atoms with Gasteiger partial charge < -0.3 is 14.7 Å². The van der Waals surface area contributed by atoms with Gasteiger partial charge in [-0.2, -0.15) is 0 Å². The van der Waals surface area contributed by atoms with Crippen LogP contribution in [0.2, 0.25) is 0 Å². The molecule has 1 saturated heterocycles. The summed E-state index contributed by atoms with van der Waals surface area (Å²) in [4.78, 5) is 13.0. The molecule has 1 unspecified atom stereocenters. The molecule has 0 radical (unpaired) electrons. The van der Waals surface area contributed by atoms with Gasteiger partial charge in [-0.15, -0.1) is 0 Å². The summed E-state index contributed by atoms with van der Waals surface area (Å²) in [5, 5.41) is 8.71. The third kappa shape index (κ3) is 2.74. The Morgan fingerprint density at radius 2 is 2.12 bits per heavy atom. The molecule has 1 heterocycles. The summed E-state index contributed by atoms with van der Waals surface area (Å²) in [5.74, 6) is -0.310. The lowest BCUT2D eigenvalue weighted by atomic mass is 10.1. The average Bonchev–Trinajstić information content (AvgIpc) is 2.69. The molecule has 5 heteroatoms. The highest BCUT2D eigenvalue weighted by Gasteiger charge is 2.31. The van der Waals surface area contributed by atoms with Gasteiger partial charge in [-0.3, -0.25) is 0 Å². The van der Waals surface area contributed by atoms with Gasteiger partial charge in [-0.05, 0) is 24.1 Å². The van der Waals surface area contributed by atoms with Crippen LogP contribution in [0.4, 0.5) is 9.18 Å². The third-order valence-corrected chi connectivity index (χ3v) is 2.72. The second-order valence-electron chi connectivity index (χ2n) is 3.95. The lowest BCUT2D eigenvalue weighted by Crippen LogP contribution is -2.26. The number of carbonyl (C=O) groups excluding carboxylic acids is 1. The SMILES string of the molecule is O=C1OC(c2ccc(F)cc2)CN1CCCO. The van der Waals surface area contributed by atoms with Gasteiger partial charge in [0.25, 0.3) is 0 Å². The van der Waals surface area contributed by atoms with Gasteiger partial charge >= 0.3 is 6.09 Å². The van der Waals surface area contributed by atoms with Crippen LogP contribution in [0.3, 0.4) is 0 Å². The van der Waals surface area contributed by atoms with Crippen molar-refractivity contribution in [1.82, 2.24) is 4.90 Å². The first-order valence-electron chi connectivity index (χ1n) is 5.52. The number of aliphatic hydroxyl groups excluding tert-OH is 1. The predicted molar refractivity (Wildman–Crippen MR) is 58.9 cm³/mol. The normalized spacial score (nSPS) is 19.5. The summed E-state index contributed by atoms with van der Waals surface area (Å²) in [6, 6.07) is 5.92. The molecule has 0 spiro atoms. The Balaban J connectivity index is 2.00. The van der Waals surface area contributed by atoms with Crippen molar-refractivity contribution in [3.05, 3.63) is 35.6 Å². The summed E-state index contributed by atoms with van der Waals surface area (Å²) in [7, 11) is 0. The first kappa shape index (κ1) is 11.9. The molecule has 1 aromatic carbocycles. The Bertz CT molecular complexity index is 393. The number of hydrogen-bond acceptors (Lipinski definition) is 3. The van der Waals surface area contributed by atoms with Crippen LogP contribution < -0.4 is 0 Å². The van der Waals surface area contributed by atoms with E-state index in [0.717, 1.165) is 5.56 Å². The summed E-state index contributed by atoms with van der Waals surface area (Å²) in [6.45, 7) is 0.975. The van der Waals surface area contributed by atoms with Crippen LogP contribution in [-0.4, -0.2) is 35.8 Å². The Morgan fingerprint density at radius 3 is 2.76 bits per heavy atom. The summed E-state index contributed by atoms with van der Waals surface area (Å²) < 4.78 is 17.9. The highest BCUT2D eigenvalue weighted by molar-refractivity contribution is 5.70. The molecule has 1 amide bonds. The van der Waals surface area contributed by atoms with E-state index in [4.69, 9.17) is 9.84 Å². The second-order valence-corrected chi connectivity index (χ2v) is 3.95. The van der Waals surface area contributed by atoms with E-state index in [1.165, 1.54) is 12.1 Å². The number of halogens is 1. The molecule has 0 bridgehead atoms. The van der Waals surface area contributed by atoms with Crippen molar-refractivity contribution >= 4 is 6.09 Å². The highest BCUT2D eigenvalue weighted by Crippen LogP contribution is 2.26. The van der Waals surface area contributed by atoms with Crippen LogP contribution in [-0.2, 0) is 4.74 Å². The van der Waals surface area contributed by atoms with Crippen molar-refractivity contribution in [2.45, 2.75) is 12.5 Å². The van der Waals surface area contributed by atoms with Gasteiger partial charge in [0.2, 0.25) is 0 Å². The maximum atomic E-state index is 12.7. The molecule has 1 aliphatic rings. The molecule has 1 fully saturated rings. The van der Waals surface area contributed by atoms with E-state index in [-0.39, 0.29) is 24.6 Å². The minimum Gasteiger partial charge on any atom is -0.439 e. The summed E-state index contributed by atoms with van der Waals surface area (Å²) in [5.41, 5.74) is 0.784. The lowest BCUT2D eigenvalue weighted by molar-refractivity contribution is 0.132. The number of rotatable bonds is 4.